The van der Waals surface area contributed by atoms with Crippen LogP contribution in [0.2, 0.25) is 0 Å². The van der Waals surface area contributed by atoms with E-state index in [1.807, 2.05) is 6.20 Å². The summed E-state index contributed by atoms with van der Waals surface area (Å²) >= 11 is 0. The molecule has 1 aliphatic carbocycles. The number of hydrogen-bond acceptors (Lipinski definition) is 4. The Hall–Kier alpha value is -1.07. The summed E-state index contributed by atoms with van der Waals surface area (Å²) in [7, 11) is 0. The Labute approximate surface area is 121 Å². The number of rotatable bonds is 6. The van der Waals surface area contributed by atoms with Gasteiger partial charge in [-0.15, -0.1) is 0 Å². The van der Waals surface area contributed by atoms with Crippen molar-refractivity contribution in [2.75, 3.05) is 44.7 Å². The van der Waals surface area contributed by atoms with Gasteiger partial charge in [0.2, 0.25) is 5.95 Å². The zero-order valence-corrected chi connectivity index (χ0v) is 12.3. The van der Waals surface area contributed by atoms with Gasteiger partial charge in [0.15, 0.2) is 0 Å². The minimum atomic E-state index is 0.666. The van der Waals surface area contributed by atoms with Crippen LogP contribution in [0.5, 0.6) is 0 Å². The molecule has 3 rings (SSSR count). The van der Waals surface area contributed by atoms with Crippen molar-refractivity contribution in [2.45, 2.75) is 38.1 Å². The lowest BCUT2D eigenvalue weighted by molar-refractivity contribution is 0.0378. The highest BCUT2D eigenvalue weighted by atomic mass is 16.5. The molecule has 2 aliphatic rings. The Bertz CT molecular complexity index is 394. The molecular weight excluding hydrogens is 252 g/mol. The maximum Gasteiger partial charge on any atom is 0.203 e. The SMILES string of the molecule is c1cn(C2CCCC2)c(NCCCN2CCOCC2)n1. The van der Waals surface area contributed by atoms with E-state index < -0.39 is 0 Å². The summed E-state index contributed by atoms with van der Waals surface area (Å²) in [6.45, 7) is 6.09. The summed E-state index contributed by atoms with van der Waals surface area (Å²) in [5.74, 6) is 1.05. The van der Waals surface area contributed by atoms with E-state index in [1.54, 1.807) is 0 Å². The highest BCUT2D eigenvalue weighted by molar-refractivity contribution is 5.26. The Balaban J connectivity index is 1.40. The van der Waals surface area contributed by atoms with E-state index in [9.17, 15) is 0 Å². The second-order valence-electron chi connectivity index (χ2n) is 5.83. The Morgan fingerprint density at radius 1 is 1.25 bits per heavy atom. The highest BCUT2D eigenvalue weighted by Crippen LogP contribution is 2.31. The van der Waals surface area contributed by atoms with Gasteiger partial charge >= 0.3 is 0 Å². The number of anilines is 1. The quantitative estimate of drug-likeness (QED) is 0.810. The molecule has 0 amide bonds. The first-order chi connectivity index (χ1) is 9.93. The van der Waals surface area contributed by atoms with Crippen molar-refractivity contribution < 1.29 is 4.74 Å². The molecule has 2 heterocycles. The summed E-state index contributed by atoms with van der Waals surface area (Å²) in [4.78, 5) is 6.94. The van der Waals surface area contributed by atoms with Crippen molar-refractivity contribution in [3.05, 3.63) is 12.4 Å². The molecule has 2 fully saturated rings. The molecule has 112 valence electrons. The van der Waals surface area contributed by atoms with Crippen molar-refractivity contribution >= 4 is 5.95 Å². The average molecular weight is 278 g/mol. The van der Waals surface area contributed by atoms with E-state index in [0.717, 1.165) is 51.8 Å². The van der Waals surface area contributed by atoms with E-state index in [4.69, 9.17) is 4.74 Å². The second-order valence-corrected chi connectivity index (χ2v) is 5.83. The summed E-state index contributed by atoms with van der Waals surface area (Å²) < 4.78 is 7.70. The molecule has 1 aromatic rings. The van der Waals surface area contributed by atoms with E-state index >= 15 is 0 Å². The predicted octanol–water partition coefficient (Wildman–Crippen LogP) is 2.13. The maximum absolute atomic E-state index is 5.37. The lowest BCUT2D eigenvalue weighted by atomic mass is 10.2. The maximum atomic E-state index is 5.37. The Kier molecular flexibility index (Phi) is 4.92. The minimum Gasteiger partial charge on any atom is -0.379 e. The number of nitrogens with zero attached hydrogens (tertiary/aromatic N) is 3. The van der Waals surface area contributed by atoms with Crippen LogP contribution in [0.15, 0.2) is 12.4 Å². The van der Waals surface area contributed by atoms with Crippen molar-refractivity contribution in [1.82, 2.24) is 14.5 Å². The molecule has 0 unspecified atom stereocenters. The lowest BCUT2D eigenvalue weighted by Gasteiger charge is -2.26. The van der Waals surface area contributed by atoms with Crippen molar-refractivity contribution in [2.24, 2.45) is 0 Å². The zero-order valence-electron chi connectivity index (χ0n) is 12.3. The number of nitrogens with one attached hydrogen (secondary N) is 1. The number of morpholine rings is 1. The van der Waals surface area contributed by atoms with Crippen molar-refractivity contribution in [3.8, 4) is 0 Å². The van der Waals surface area contributed by atoms with Gasteiger partial charge in [0, 0.05) is 38.1 Å². The van der Waals surface area contributed by atoms with Gasteiger partial charge in [-0.05, 0) is 25.8 Å². The minimum absolute atomic E-state index is 0.666. The monoisotopic (exact) mass is 278 g/mol. The van der Waals surface area contributed by atoms with Crippen LogP contribution < -0.4 is 5.32 Å². The van der Waals surface area contributed by atoms with Crippen molar-refractivity contribution in [1.29, 1.82) is 0 Å². The van der Waals surface area contributed by atoms with Gasteiger partial charge in [-0.1, -0.05) is 12.8 Å². The third-order valence-electron chi connectivity index (χ3n) is 4.42. The van der Waals surface area contributed by atoms with E-state index in [2.05, 4.69) is 26.0 Å². The van der Waals surface area contributed by atoms with Crippen LogP contribution in [-0.4, -0.2) is 53.8 Å². The molecule has 5 heteroatoms. The van der Waals surface area contributed by atoms with Crippen LogP contribution in [0, 0.1) is 0 Å². The normalized spacial score (nSPS) is 21.4. The fourth-order valence-electron chi connectivity index (χ4n) is 3.25. The summed E-state index contributed by atoms with van der Waals surface area (Å²) in [5, 5.41) is 3.50. The third kappa shape index (κ3) is 3.52. The second kappa shape index (κ2) is 7.09. The highest BCUT2D eigenvalue weighted by Gasteiger charge is 2.18. The largest absolute Gasteiger partial charge is 0.379 e. The van der Waals surface area contributed by atoms with Gasteiger partial charge in [-0.2, -0.15) is 0 Å². The smallest absolute Gasteiger partial charge is 0.203 e. The molecule has 1 aromatic heterocycles. The number of ether oxygens (including phenoxy) is 1. The molecule has 0 bridgehead atoms. The molecule has 1 N–H and O–H groups in total. The Morgan fingerprint density at radius 3 is 2.85 bits per heavy atom. The van der Waals surface area contributed by atoms with Crippen LogP contribution in [0.1, 0.15) is 38.1 Å². The Morgan fingerprint density at radius 2 is 2.05 bits per heavy atom. The van der Waals surface area contributed by atoms with Gasteiger partial charge < -0.3 is 14.6 Å². The van der Waals surface area contributed by atoms with Gasteiger partial charge in [0.1, 0.15) is 0 Å². The van der Waals surface area contributed by atoms with Crippen LogP contribution in [0.4, 0.5) is 5.95 Å². The van der Waals surface area contributed by atoms with Crippen molar-refractivity contribution in [3.63, 3.8) is 0 Å². The first kappa shape index (κ1) is 13.9. The lowest BCUT2D eigenvalue weighted by Crippen LogP contribution is -2.37. The number of hydrogen-bond donors (Lipinski definition) is 1. The molecule has 5 nitrogen and oxygen atoms in total. The van der Waals surface area contributed by atoms with Crippen LogP contribution in [0.25, 0.3) is 0 Å². The molecule has 1 saturated carbocycles. The molecule has 0 radical (unpaired) electrons. The zero-order chi connectivity index (χ0) is 13.6. The summed E-state index contributed by atoms with van der Waals surface area (Å²) in [5.41, 5.74) is 0. The topological polar surface area (TPSA) is 42.3 Å². The first-order valence-electron chi connectivity index (χ1n) is 8.00. The van der Waals surface area contributed by atoms with Gasteiger partial charge in [-0.3, -0.25) is 4.90 Å². The van der Waals surface area contributed by atoms with E-state index in [1.165, 1.54) is 25.7 Å². The first-order valence-corrected chi connectivity index (χ1v) is 8.00. The summed E-state index contributed by atoms with van der Waals surface area (Å²) in [6, 6.07) is 0.666. The van der Waals surface area contributed by atoms with E-state index in [0.29, 0.717) is 6.04 Å². The molecule has 1 saturated heterocycles. The summed E-state index contributed by atoms with van der Waals surface area (Å²) in [6.07, 6.45) is 10.5. The average Bonchev–Trinajstić information content (AvgIpc) is 3.15. The fraction of sp³-hybridized carbons (Fsp3) is 0.800. The van der Waals surface area contributed by atoms with Gasteiger partial charge in [-0.25, -0.2) is 4.98 Å². The number of imidazole rings is 1. The van der Waals surface area contributed by atoms with Gasteiger partial charge in [0.05, 0.1) is 13.2 Å². The molecule has 0 spiro atoms. The van der Waals surface area contributed by atoms with Crippen LogP contribution in [-0.2, 0) is 4.74 Å². The fourth-order valence-corrected chi connectivity index (χ4v) is 3.25. The standard InChI is InChI=1S/C15H26N4O/c1-2-5-14(4-1)19-9-7-17-15(19)16-6-3-8-18-10-12-20-13-11-18/h7,9,14H,1-6,8,10-13H2,(H,16,17). The molecule has 20 heavy (non-hydrogen) atoms. The van der Waals surface area contributed by atoms with Crippen LogP contribution >= 0.6 is 0 Å². The molecular formula is C15H26N4O. The van der Waals surface area contributed by atoms with Gasteiger partial charge in [0.25, 0.3) is 0 Å². The third-order valence-corrected chi connectivity index (χ3v) is 4.42. The van der Waals surface area contributed by atoms with E-state index in [-0.39, 0.29) is 0 Å². The predicted molar refractivity (Wildman–Crippen MR) is 80.1 cm³/mol. The molecule has 0 aromatic carbocycles. The number of aromatic nitrogens is 2. The molecule has 1 aliphatic heterocycles. The molecule has 0 atom stereocenters. The van der Waals surface area contributed by atoms with Crippen LogP contribution in [0.3, 0.4) is 0 Å².